The van der Waals surface area contributed by atoms with Crippen LogP contribution in [0.4, 0.5) is 4.39 Å². The van der Waals surface area contributed by atoms with Gasteiger partial charge in [0.1, 0.15) is 50.9 Å². The number of halogens is 1. The second kappa shape index (κ2) is 10.0. The zero-order valence-corrected chi connectivity index (χ0v) is 15.5. The summed E-state index contributed by atoms with van der Waals surface area (Å²) in [7, 11) is 0. The first kappa shape index (κ1) is 19.3. The average molecular weight is 373 g/mol. The maximum absolute atomic E-state index is 13.6. The standard InChI is InChI=1S/C21H26FN3O2/c22-20-9-5-4-6-18(20)16-23-21(26)17-25-12-10-24(11-13-25)14-15-27-19-7-2-1-3-8-19/h1-9H,10-17H2,(H,23,26)/p+2. The monoisotopic (exact) mass is 373 g/mol. The van der Waals surface area contributed by atoms with E-state index in [-0.39, 0.29) is 18.3 Å². The molecule has 1 saturated heterocycles. The van der Waals surface area contributed by atoms with Crippen molar-refractivity contribution in [2.24, 2.45) is 0 Å². The van der Waals surface area contributed by atoms with Gasteiger partial charge in [-0.1, -0.05) is 36.4 Å². The fourth-order valence-electron chi connectivity index (χ4n) is 3.34. The average Bonchev–Trinajstić information content (AvgIpc) is 2.69. The summed E-state index contributed by atoms with van der Waals surface area (Å²) in [5, 5.41) is 2.82. The van der Waals surface area contributed by atoms with Gasteiger partial charge in [-0.15, -0.1) is 0 Å². The van der Waals surface area contributed by atoms with Crippen LogP contribution in [0, 0.1) is 5.82 Å². The van der Waals surface area contributed by atoms with Crippen molar-refractivity contribution in [1.82, 2.24) is 5.32 Å². The molecule has 0 saturated carbocycles. The van der Waals surface area contributed by atoms with Gasteiger partial charge in [-0.25, -0.2) is 4.39 Å². The SMILES string of the molecule is O=C(C[NH+]1CC[NH+](CCOc2ccccc2)CC1)NCc1ccccc1F. The third kappa shape index (κ3) is 6.34. The van der Waals surface area contributed by atoms with Crippen molar-refractivity contribution in [3.05, 3.63) is 66.0 Å². The van der Waals surface area contributed by atoms with Crippen molar-refractivity contribution in [2.75, 3.05) is 45.9 Å². The second-order valence-electron chi connectivity index (χ2n) is 6.96. The number of piperazine rings is 1. The summed E-state index contributed by atoms with van der Waals surface area (Å²) in [6.45, 7) is 6.37. The largest absolute Gasteiger partial charge is 0.488 e. The molecule has 0 bridgehead atoms. The second-order valence-corrected chi connectivity index (χ2v) is 6.96. The van der Waals surface area contributed by atoms with E-state index in [0.29, 0.717) is 18.7 Å². The third-order valence-corrected chi connectivity index (χ3v) is 4.98. The zero-order valence-electron chi connectivity index (χ0n) is 15.5. The molecule has 3 rings (SSSR count). The summed E-state index contributed by atoms with van der Waals surface area (Å²) in [6, 6.07) is 16.4. The van der Waals surface area contributed by atoms with Crippen LogP contribution in [-0.4, -0.2) is 51.8 Å². The van der Waals surface area contributed by atoms with Gasteiger partial charge < -0.3 is 19.9 Å². The van der Waals surface area contributed by atoms with Crippen molar-refractivity contribution in [1.29, 1.82) is 0 Å². The van der Waals surface area contributed by atoms with E-state index < -0.39 is 0 Å². The summed E-state index contributed by atoms with van der Waals surface area (Å²) >= 11 is 0. The minimum absolute atomic E-state index is 0.0240. The number of carbonyl (C=O) groups is 1. The molecule has 1 amide bonds. The fourth-order valence-corrected chi connectivity index (χ4v) is 3.34. The van der Waals surface area contributed by atoms with Gasteiger partial charge in [0.25, 0.3) is 5.91 Å². The van der Waals surface area contributed by atoms with Crippen LogP contribution in [0.3, 0.4) is 0 Å². The summed E-state index contributed by atoms with van der Waals surface area (Å²) in [6.07, 6.45) is 0. The molecule has 5 nitrogen and oxygen atoms in total. The first-order chi connectivity index (χ1) is 13.2. The number of hydrogen-bond donors (Lipinski definition) is 3. The molecule has 0 aromatic heterocycles. The molecule has 0 spiro atoms. The molecule has 0 aliphatic carbocycles. The molecule has 1 fully saturated rings. The van der Waals surface area contributed by atoms with Crippen LogP contribution in [0.25, 0.3) is 0 Å². The number of nitrogens with one attached hydrogen (secondary N) is 3. The number of ether oxygens (including phenoxy) is 1. The van der Waals surface area contributed by atoms with Gasteiger partial charge in [0.2, 0.25) is 0 Å². The molecule has 1 aliphatic heterocycles. The Morgan fingerprint density at radius 3 is 2.37 bits per heavy atom. The molecule has 0 radical (unpaired) electrons. The lowest BCUT2D eigenvalue weighted by atomic mass is 10.2. The lowest BCUT2D eigenvalue weighted by Gasteiger charge is -2.29. The van der Waals surface area contributed by atoms with Crippen molar-refractivity contribution in [3.8, 4) is 5.75 Å². The summed E-state index contributed by atoms with van der Waals surface area (Å²) < 4.78 is 19.3. The van der Waals surface area contributed by atoms with Gasteiger partial charge in [-0.2, -0.15) is 0 Å². The molecular weight excluding hydrogens is 345 g/mol. The number of para-hydroxylation sites is 1. The van der Waals surface area contributed by atoms with E-state index in [9.17, 15) is 9.18 Å². The summed E-state index contributed by atoms with van der Waals surface area (Å²) in [5.74, 6) is 0.608. The molecular formula is C21H28FN3O2+2. The Bertz CT molecular complexity index is 718. The highest BCUT2D eigenvalue weighted by atomic mass is 19.1. The topological polar surface area (TPSA) is 47.2 Å². The molecule has 2 aromatic carbocycles. The van der Waals surface area contributed by atoms with E-state index in [1.165, 1.54) is 15.9 Å². The Morgan fingerprint density at radius 2 is 1.63 bits per heavy atom. The van der Waals surface area contributed by atoms with Crippen molar-refractivity contribution < 1.29 is 23.7 Å². The van der Waals surface area contributed by atoms with Gasteiger partial charge >= 0.3 is 0 Å². The Hall–Kier alpha value is -2.44. The third-order valence-electron chi connectivity index (χ3n) is 4.98. The number of amides is 1. The van der Waals surface area contributed by atoms with Crippen LogP contribution in [-0.2, 0) is 11.3 Å². The molecule has 1 heterocycles. The molecule has 2 aromatic rings. The summed E-state index contributed by atoms with van der Waals surface area (Å²) in [5.41, 5.74) is 0.522. The maximum Gasteiger partial charge on any atom is 0.275 e. The minimum Gasteiger partial charge on any atom is -0.488 e. The molecule has 0 unspecified atom stereocenters. The zero-order chi connectivity index (χ0) is 18.9. The molecule has 27 heavy (non-hydrogen) atoms. The van der Waals surface area contributed by atoms with Gasteiger partial charge in [-0.05, 0) is 18.2 Å². The van der Waals surface area contributed by atoms with Crippen molar-refractivity contribution in [3.63, 3.8) is 0 Å². The van der Waals surface area contributed by atoms with Crippen LogP contribution >= 0.6 is 0 Å². The lowest BCUT2D eigenvalue weighted by Crippen LogP contribution is -3.28. The van der Waals surface area contributed by atoms with E-state index >= 15 is 0 Å². The highest BCUT2D eigenvalue weighted by Gasteiger charge is 2.24. The molecule has 0 atom stereocenters. The summed E-state index contributed by atoms with van der Waals surface area (Å²) in [4.78, 5) is 14.9. The number of hydrogen-bond acceptors (Lipinski definition) is 2. The Labute approximate surface area is 159 Å². The van der Waals surface area contributed by atoms with Crippen LogP contribution in [0.1, 0.15) is 5.56 Å². The van der Waals surface area contributed by atoms with Crippen LogP contribution < -0.4 is 19.9 Å². The highest BCUT2D eigenvalue weighted by molar-refractivity contribution is 5.76. The van der Waals surface area contributed by atoms with Crippen LogP contribution in [0.15, 0.2) is 54.6 Å². The first-order valence-electron chi connectivity index (χ1n) is 9.56. The van der Waals surface area contributed by atoms with Gasteiger partial charge in [-0.3, -0.25) is 4.79 Å². The number of rotatable bonds is 8. The molecule has 144 valence electrons. The normalized spacial score (nSPS) is 19.4. The van der Waals surface area contributed by atoms with Gasteiger partial charge in [0, 0.05) is 12.1 Å². The van der Waals surface area contributed by atoms with E-state index in [2.05, 4.69) is 5.32 Å². The van der Waals surface area contributed by atoms with E-state index in [1.54, 1.807) is 18.2 Å². The van der Waals surface area contributed by atoms with E-state index in [0.717, 1.165) is 38.5 Å². The quantitative estimate of drug-likeness (QED) is 0.573. The van der Waals surface area contributed by atoms with E-state index in [4.69, 9.17) is 4.74 Å². The van der Waals surface area contributed by atoms with E-state index in [1.807, 2.05) is 30.3 Å². The van der Waals surface area contributed by atoms with Crippen LogP contribution in [0.2, 0.25) is 0 Å². The predicted molar refractivity (Wildman–Crippen MR) is 101 cm³/mol. The van der Waals surface area contributed by atoms with Gasteiger partial charge in [0.05, 0.1) is 0 Å². The van der Waals surface area contributed by atoms with Gasteiger partial charge in [0.15, 0.2) is 6.54 Å². The van der Waals surface area contributed by atoms with Crippen LogP contribution in [0.5, 0.6) is 5.75 Å². The predicted octanol–water partition coefficient (Wildman–Crippen LogP) is -0.696. The molecule has 1 aliphatic rings. The smallest absolute Gasteiger partial charge is 0.275 e. The number of carbonyl (C=O) groups excluding carboxylic acids is 1. The maximum atomic E-state index is 13.6. The lowest BCUT2D eigenvalue weighted by molar-refractivity contribution is -1.01. The number of benzene rings is 2. The number of quaternary nitrogens is 2. The fraction of sp³-hybridized carbons (Fsp3) is 0.381. The minimum atomic E-state index is -0.278. The highest BCUT2D eigenvalue weighted by Crippen LogP contribution is 2.07. The van der Waals surface area contributed by atoms with Crippen molar-refractivity contribution >= 4 is 5.91 Å². The Morgan fingerprint density at radius 1 is 0.963 bits per heavy atom. The Balaban J connectivity index is 1.31. The first-order valence-corrected chi connectivity index (χ1v) is 9.56. The Kier molecular flexibility index (Phi) is 7.19. The molecule has 3 N–H and O–H groups in total. The molecule has 6 heteroatoms. The van der Waals surface area contributed by atoms with Crippen molar-refractivity contribution in [2.45, 2.75) is 6.54 Å².